The van der Waals surface area contributed by atoms with Crippen molar-refractivity contribution in [1.29, 1.82) is 0 Å². The van der Waals surface area contributed by atoms with Crippen LogP contribution in [-0.2, 0) is 4.79 Å². The molecule has 1 saturated heterocycles. The molecular weight excluding hydrogens is 232 g/mol. The summed E-state index contributed by atoms with van der Waals surface area (Å²) in [6, 6.07) is 0. The van der Waals surface area contributed by atoms with E-state index in [4.69, 9.17) is 0 Å². The van der Waals surface area contributed by atoms with Gasteiger partial charge in [-0.1, -0.05) is 22.9 Å². The third-order valence-electron chi connectivity index (χ3n) is 2.44. The maximum absolute atomic E-state index is 11.7. The molecule has 0 aromatic heterocycles. The van der Waals surface area contributed by atoms with Gasteiger partial charge in [-0.25, -0.2) is 0 Å². The van der Waals surface area contributed by atoms with E-state index in [1.807, 2.05) is 11.8 Å². The summed E-state index contributed by atoms with van der Waals surface area (Å²) in [4.78, 5) is 15.9. The van der Waals surface area contributed by atoms with Crippen LogP contribution in [-0.4, -0.2) is 53.8 Å². The molecule has 0 bridgehead atoms. The maximum Gasteiger partial charge on any atom is 0.236 e. The zero-order valence-corrected chi connectivity index (χ0v) is 9.88. The number of amides is 1. The van der Waals surface area contributed by atoms with Crippen molar-refractivity contribution < 1.29 is 4.79 Å². The second kappa shape index (κ2) is 4.96. The molecule has 13 heavy (non-hydrogen) atoms. The number of rotatable bonds is 2. The molecule has 1 atom stereocenters. The van der Waals surface area contributed by atoms with Crippen LogP contribution in [0.1, 0.15) is 13.3 Å². The molecule has 3 nitrogen and oxygen atoms in total. The van der Waals surface area contributed by atoms with Crippen molar-refractivity contribution in [1.82, 2.24) is 9.80 Å². The molecular formula is C9H17BrN2O. The minimum absolute atomic E-state index is 0.0101. The van der Waals surface area contributed by atoms with Crippen molar-refractivity contribution in [2.24, 2.45) is 0 Å². The topological polar surface area (TPSA) is 23.6 Å². The average Bonchev–Trinajstić information content (AvgIpc) is 2.17. The molecule has 0 N–H and O–H groups in total. The number of nitrogens with zero attached hydrogens (tertiary/aromatic N) is 2. The number of hydrogen-bond donors (Lipinski definition) is 0. The van der Waals surface area contributed by atoms with E-state index in [1.54, 1.807) is 0 Å². The predicted molar refractivity (Wildman–Crippen MR) is 57.1 cm³/mol. The first-order chi connectivity index (χ1) is 6.15. The molecule has 0 spiro atoms. The number of likely N-dealkylation sites (N-methyl/N-ethyl adjacent to an activating group) is 1. The molecule has 1 fully saturated rings. The fraction of sp³-hybridized carbons (Fsp3) is 0.889. The smallest absolute Gasteiger partial charge is 0.236 e. The van der Waals surface area contributed by atoms with Gasteiger partial charge in [-0.15, -0.1) is 0 Å². The van der Waals surface area contributed by atoms with Crippen LogP contribution in [0.25, 0.3) is 0 Å². The second-order valence-corrected chi connectivity index (χ2v) is 4.61. The van der Waals surface area contributed by atoms with Crippen LogP contribution < -0.4 is 0 Å². The number of carbonyl (C=O) groups excluding carboxylic acids is 1. The van der Waals surface area contributed by atoms with Gasteiger partial charge >= 0.3 is 0 Å². The minimum Gasteiger partial charge on any atom is -0.339 e. The molecule has 1 aliphatic rings. The summed E-state index contributed by atoms with van der Waals surface area (Å²) in [7, 11) is 2.09. The Labute approximate surface area is 88.2 Å². The lowest BCUT2D eigenvalue weighted by Gasteiger charge is -2.33. The van der Waals surface area contributed by atoms with Crippen molar-refractivity contribution in [3.05, 3.63) is 0 Å². The summed E-state index contributed by atoms with van der Waals surface area (Å²) >= 11 is 3.39. The van der Waals surface area contributed by atoms with Crippen LogP contribution >= 0.6 is 15.9 Å². The SMILES string of the molecule is CC[C@H](Br)C(=O)N1CCN(C)CC1. The third-order valence-corrected chi connectivity index (χ3v) is 3.48. The van der Waals surface area contributed by atoms with Gasteiger partial charge < -0.3 is 9.80 Å². The minimum atomic E-state index is 0.0101. The molecule has 0 aromatic rings. The molecule has 76 valence electrons. The standard InChI is InChI=1S/C9H17BrN2O/c1-3-8(10)9(13)12-6-4-11(2)5-7-12/h8H,3-7H2,1-2H3/t8-/m0/s1. The number of alkyl halides is 1. The van der Waals surface area contributed by atoms with Gasteiger partial charge in [0.15, 0.2) is 0 Å². The zero-order chi connectivity index (χ0) is 9.84. The van der Waals surface area contributed by atoms with Crippen LogP contribution in [0.15, 0.2) is 0 Å². The fourth-order valence-corrected chi connectivity index (χ4v) is 1.69. The Morgan fingerprint density at radius 2 is 1.92 bits per heavy atom. The number of hydrogen-bond acceptors (Lipinski definition) is 2. The van der Waals surface area contributed by atoms with Crippen molar-refractivity contribution in [2.75, 3.05) is 33.2 Å². The molecule has 0 radical (unpaired) electrons. The molecule has 0 aromatic carbocycles. The van der Waals surface area contributed by atoms with Crippen molar-refractivity contribution in [3.8, 4) is 0 Å². The van der Waals surface area contributed by atoms with Gasteiger partial charge in [0.2, 0.25) is 5.91 Å². The quantitative estimate of drug-likeness (QED) is 0.680. The van der Waals surface area contributed by atoms with Crippen LogP contribution in [0.3, 0.4) is 0 Å². The van der Waals surface area contributed by atoms with Crippen LogP contribution in [0.4, 0.5) is 0 Å². The van der Waals surface area contributed by atoms with Crippen LogP contribution in [0, 0.1) is 0 Å². The first-order valence-electron chi connectivity index (χ1n) is 4.76. The summed E-state index contributed by atoms with van der Waals surface area (Å²) in [5.74, 6) is 0.246. The van der Waals surface area contributed by atoms with E-state index in [0.29, 0.717) is 0 Å². The summed E-state index contributed by atoms with van der Waals surface area (Å²) < 4.78 is 0. The van der Waals surface area contributed by atoms with E-state index >= 15 is 0 Å². The highest BCUT2D eigenvalue weighted by atomic mass is 79.9. The highest BCUT2D eigenvalue weighted by Gasteiger charge is 2.23. The van der Waals surface area contributed by atoms with E-state index in [2.05, 4.69) is 27.9 Å². The Balaban J connectivity index is 2.40. The van der Waals surface area contributed by atoms with Crippen molar-refractivity contribution in [3.63, 3.8) is 0 Å². The number of carbonyl (C=O) groups is 1. The zero-order valence-electron chi connectivity index (χ0n) is 8.29. The number of halogens is 1. The lowest BCUT2D eigenvalue weighted by molar-refractivity contribution is -0.132. The van der Waals surface area contributed by atoms with E-state index < -0.39 is 0 Å². The maximum atomic E-state index is 11.7. The molecule has 4 heteroatoms. The Kier molecular flexibility index (Phi) is 4.19. The molecule has 0 unspecified atom stereocenters. The Bertz CT molecular complexity index is 178. The van der Waals surface area contributed by atoms with Gasteiger partial charge in [0, 0.05) is 26.2 Å². The van der Waals surface area contributed by atoms with Gasteiger partial charge in [-0.2, -0.15) is 0 Å². The fourth-order valence-electron chi connectivity index (χ4n) is 1.40. The summed E-state index contributed by atoms with van der Waals surface area (Å²) in [5, 5.41) is 0. The largest absolute Gasteiger partial charge is 0.339 e. The molecule has 1 aliphatic heterocycles. The Hall–Kier alpha value is -0.0900. The molecule has 0 aliphatic carbocycles. The highest BCUT2D eigenvalue weighted by Crippen LogP contribution is 2.10. The summed E-state index contributed by atoms with van der Waals surface area (Å²) in [5.41, 5.74) is 0. The normalized spacial score (nSPS) is 21.6. The van der Waals surface area contributed by atoms with E-state index in [-0.39, 0.29) is 10.7 Å². The first-order valence-corrected chi connectivity index (χ1v) is 5.68. The van der Waals surface area contributed by atoms with Crippen molar-refractivity contribution >= 4 is 21.8 Å². The third kappa shape index (κ3) is 2.95. The van der Waals surface area contributed by atoms with Gasteiger partial charge in [-0.05, 0) is 13.5 Å². The molecule has 1 rings (SSSR count). The Morgan fingerprint density at radius 1 is 1.38 bits per heavy atom. The summed E-state index contributed by atoms with van der Waals surface area (Å²) in [6.45, 7) is 5.76. The Morgan fingerprint density at radius 3 is 2.38 bits per heavy atom. The average molecular weight is 249 g/mol. The lowest BCUT2D eigenvalue weighted by atomic mass is 10.2. The molecule has 0 saturated carbocycles. The van der Waals surface area contributed by atoms with E-state index in [1.165, 1.54) is 0 Å². The van der Waals surface area contributed by atoms with Gasteiger partial charge in [0.05, 0.1) is 4.83 Å². The highest BCUT2D eigenvalue weighted by molar-refractivity contribution is 9.10. The van der Waals surface area contributed by atoms with E-state index in [0.717, 1.165) is 32.6 Å². The molecule has 1 heterocycles. The van der Waals surface area contributed by atoms with Crippen LogP contribution in [0.2, 0.25) is 0 Å². The predicted octanol–water partition coefficient (Wildman–Crippen LogP) is 0.934. The second-order valence-electron chi connectivity index (χ2n) is 3.50. The van der Waals surface area contributed by atoms with Gasteiger partial charge in [0.25, 0.3) is 0 Å². The van der Waals surface area contributed by atoms with E-state index in [9.17, 15) is 4.79 Å². The van der Waals surface area contributed by atoms with Gasteiger partial charge in [-0.3, -0.25) is 4.79 Å². The monoisotopic (exact) mass is 248 g/mol. The van der Waals surface area contributed by atoms with Crippen molar-refractivity contribution in [2.45, 2.75) is 18.2 Å². The van der Waals surface area contributed by atoms with Gasteiger partial charge in [0.1, 0.15) is 0 Å². The molecule has 1 amide bonds. The summed E-state index contributed by atoms with van der Waals surface area (Å²) in [6.07, 6.45) is 0.866. The first kappa shape index (κ1) is 11.0. The number of piperazine rings is 1. The van der Waals surface area contributed by atoms with Crippen LogP contribution in [0.5, 0.6) is 0 Å². The lowest BCUT2D eigenvalue weighted by Crippen LogP contribution is -2.49.